The minimum Gasteiger partial charge on any atom is -0.492 e. The highest BCUT2D eigenvalue weighted by molar-refractivity contribution is 5.35. The van der Waals surface area contributed by atoms with Crippen LogP contribution in [0.25, 0.3) is 0 Å². The van der Waals surface area contributed by atoms with Crippen LogP contribution in [-0.4, -0.2) is 24.1 Å². The van der Waals surface area contributed by atoms with Crippen LogP contribution in [0.4, 0.5) is 5.69 Å². The molecule has 0 saturated heterocycles. The molecule has 96 valence electrons. The van der Waals surface area contributed by atoms with E-state index in [9.17, 15) is 10.1 Å². The zero-order valence-corrected chi connectivity index (χ0v) is 10.0. The van der Waals surface area contributed by atoms with Gasteiger partial charge in [0, 0.05) is 24.7 Å². The molecule has 0 spiro atoms. The molecule has 0 fully saturated rings. The Labute approximate surface area is 106 Å². The summed E-state index contributed by atoms with van der Waals surface area (Å²) in [6.45, 7) is 1.34. The van der Waals surface area contributed by atoms with Crippen molar-refractivity contribution in [2.75, 3.05) is 13.2 Å². The highest BCUT2D eigenvalue weighted by atomic mass is 16.6. The minimum atomic E-state index is -0.418. The third-order valence-corrected chi connectivity index (χ3v) is 2.86. The first-order valence-corrected chi connectivity index (χ1v) is 6.01. The van der Waals surface area contributed by atoms with Crippen LogP contribution in [0, 0.1) is 10.1 Å². The van der Waals surface area contributed by atoms with Crippen molar-refractivity contribution in [3.05, 3.63) is 46.5 Å². The van der Waals surface area contributed by atoms with Crippen molar-refractivity contribution in [3.8, 4) is 5.75 Å². The highest BCUT2D eigenvalue weighted by Gasteiger charge is 2.08. The summed E-state index contributed by atoms with van der Waals surface area (Å²) in [5.41, 5.74) is 0.0810. The standard InChI is InChI=1S/C13H16N2O3/c16-15(17)12-5-7-13(8-6-12)18-10-9-14-11-3-1-2-4-11/h1-2,5-8,11,14H,3-4,9-10H2. The molecule has 0 heterocycles. The Hall–Kier alpha value is -1.88. The number of nitrogens with one attached hydrogen (secondary N) is 1. The van der Waals surface area contributed by atoms with Crippen molar-refractivity contribution in [2.24, 2.45) is 0 Å². The summed E-state index contributed by atoms with van der Waals surface area (Å²) in [5, 5.41) is 13.9. The fourth-order valence-electron chi connectivity index (χ4n) is 1.88. The van der Waals surface area contributed by atoms with Crippen molar-refractivity contribution in [1.29, 1.82) is 0 Å². The molecule has 0 atom stereocenters. The van der Waals surface area contributed by atoms with Gasteiger partial charge in [-0.3, -0.25) is 10.1 Å². The average molecular weight is 248 g/mol. The summed E-state index contributed by atoms with van der Waals surface area (Å²) in [7, 11) is 0. The molecule has 0 saturated carbocycles. The number of nitro benzene ring substituents is 1. The molecule has 1 N–H and O–H groups in total. The zero-order chi connectivity index (χ0) is 12.8. The normalized spacial score (nSPS) is 14.9. The van der Waals surface area contributed by atoms with Crippen molar-refractivity contribution in [2.45, 2.75) is 18.9 Å². The SMILES string of the molecule is O=[N+]([O-])c1ccc(OCCNC2CC=CC2)cc1. The lowest BCUT2D eigenvalue weighted by atomic mass is 10.2. The molecule has 0 amide bonds. The van der Waals surface area contributed by atoms with Gasteiger partial charge in [0.15, 0.2) is 0 Å². The van der Waals surface area contributed by atoms with E-state index in [1.807, 2.05) is 0 Å². The molecular formula is C13H16N2O3. The van der Waals surface area contributed by atoms with Gasteiger partial charge in [-0.1, -0.05) is 12.2 Å². The van der Waals surface area contributed by atoms with E-state index >= 15 is 0 Å². The molecule has 0 aromatic heterocycles. The second-order valence-corrected chi connectivity index (χ2v) is 4.19. The summed E-state index contributed by atoms with van der Waals surface area (Å²) in [6, 6.07) is 6.67. The first kappa shape index (κ1) is 12.6. The van der Waals surface area contributed by atoms with Gasteiger partial charge in [0.05, 0.1) is 4.92 Å². The molecule has 1 aromatic rings. The van der Waals surface area contributed by atoms with Gasteiger partial charge < -0.3 is 10.1 Å². The molecule has 0 aliphatic heterocycles. The molecule has 5 nitrogen and oxygen atoms in total. The summed E-state index contributed by atoms with van der Waals surface area (Å²) in [4.78, 5) is 10.1. The Morgan fingerprint density at radius 1 is 1.28 bits per heavy atom. The molecule has 18 heavy (non-hydrogen) atoms. The molecule has 5 heteroatoms. The monoisotopic (exact) mass is 248 g/mol. The Balaban J connectivity index is 1.68. The van der Waals surface area contributed by atoms with Gasteiger partial charge in [-0.25, -0.2) is 0 Å². The third kappa shape index (κ3) is 3.56. The van der Waals surface area contributed by atoms with Crippen molar-refractivity contribution in [3.63, 3.8) is 0 Å². The average Bonchev–Trinajstić information content (AvgIpc) is 2.88. The topological polar surface area (TPSA) is 64.4 Å². The number of nitro groups is 1. The van der Waals surface area contributed by atoms with E-state index in [1.54, 1.807) is 12.1 Å². The van der Waals surface area contributed by atoms with Crippen LogP contribution < -0.4 is 10.1 Å². The first-order valence-electron chi connectivity index (χ1n) is 6.01. The lowest BCUT2D eigenvalue weighted by Gasteiger charge is -2.12. The van der Waals surface area contributed by atoms with E-state index < -0.39 is 4.92 Å². The van der Waals surface area contributed by atoms with Gasteiger partial charge >= 0.3 is 0 Å². The van der Waals surface area contributed by atoms with Gasteiger partial charge in [-0.2, -0.15) is 0 Å². The lowest BCUT2D eigenvalue weighted by Crippen LogP contribution is -2.30. The highest BCUT2D eigenvalue weighted by Crippen LogP contribution is 2.17. The summed E-state index contributed by atoms with van der Waals surface area (Å²) < 4.78 is 5.50. The number of benzene rings is 1. The van der Waals surface area contributed by atoms with E-state index in [-0.39, 0.29) is 5.69 Å². The van der Waals surface area contributed by atoms with Crippen molar-refractivity contribution < 1.29 is 9.66 Å². The van der Waals surface area contributed by atoms with Gasteiger partial charge in [0.1, 0.15) is 12.4 Å². The Bertz CT molecular complexity index is 420. The van der Waals surface area contributed by atoms with Crippen LogP contribution in [0.15, 0.2) is 36.4 Å². The Morgan fingerprint density at radius 2 is 1.94 bits per heavy atom. The molecule has 2 rings (SSSR count). The maximum absolute atomic E-state index is 10.5. The van der Waals surface area contributed by atoms with Crippen LogP contribution >= 0.6 is 0 Å². The first-order chi connectivity index (χ1) is 8.75. The summed E-state index contributed by atoms with van der Waals surface area (Å²) in [5.74, 6) is 0.659. The van der Waals surface area contributed by atoms with Crippen LogP contribution in [0.1, 0.15) is 12.8 Å². The molecule has 1 aromatic carbocycles. The maximum Gasteiger partial charge on any atom is 0.269 e. The molecule has 1 aliphatic rings. The lowest BCUT2D eigenvalue weighted by molar-refractivity contribution is -0.384. The number of hydrogen-bond acceptors (Lipinski definition) is 4. The van der Waals surface area contributed by atoms with E-state index in [4.69, 9.17) is 4.74 Å². The minimum absolute atomic E-state index is 0.0810. The van der Waals surface area contributed by atoms with E-state index in [0.717, 1.165) is 19.4 Å². The van der Waals surface area contributed by atoms with Gasteiger partial charge in [0.2, 0.25) is 0 Å². The fraction of sp³-hybridized carbons (Fsp3) is 0.385. The largest absolute Gasteiger partial charge is 0.492 e. The van der Waals surface area contributed by atoms with Gasteiger partial charge in [-0.05, 0) is 25.0 Å². The number of hydrogen-bond donors (Lipinski definition) is 1. The molecule has 1 aliphatic carbocycles. The summed E-state index contributed by atoms with van der Waals surface area (Å²) >= 11 is 0. The molecule has 0 bridgehead atoms. The fourth-order valence-corrected chi connectivity index (χ4v) is 1.88. The Kier molecular flexibility index (Phi) is 4.30. The predicted octanol–water partition coefficient (Wildman–Crippen LogP) is 2.28. The van der Waals surface area contributed by atoms with Crippen LogP contribution in [0.3, 0.4) is 0 Å². The number of non-ortho nitro benzene ring substituents is 1. The Morgan fingerprint density at radius 3 is 2.56 bits per heavy atom. The second kappa shape index (κ2) is 6.16. The molecule has 0 radical (unpaired) electrons. The van der Waals surface area contributed by atoms with Crippen molar-refractivity contribution >= 4 is 5.69 Å². The van der Waals surface area contributed by atoms with Crippen LogP contribution in [0.5, 0.6) is 5.75 Å². The van der Waals surface area contributed by atoms with E-state index in [1.165, 1.54) is 12.1 Å². The van der Waals surface area contributed by atoms with Gasteiger partial charge in [0.25, 0.3) is 5.69 Å². The second-order valence-electron chi connectivity index (χ2n) is 4.19. The number of ether oxygens (including phenoxy) is 1. The van der Waals surface area contributed by atoms with Crippen LogP contribution in [-0.2, 0) is 0 Å². The number of rotatable bonds is 6. The van der Waals surface area contributed by atoms with Gasteiger partial charge in [-0.15, -0.1) is 0 Å². The zero-order valence-electron chi connectivity index (χ0n) is 10.0. The number of nitrogens with zero attached hydrogens (tertiary/aromatic N) is 1. The van der Waals surface area contributed by atoms with E-state index in [0.29, 0.717) is 18.4 Å². The van der Waals surface area contributed by atoms with Crippen molar-refractivity contribution in [1.82, 2.24) is 5.32 Å². The molecule has 0 unspecified atom stereocenters. The maximum atomic E-state index is 10.5. The van der Waals surface area contributed by atoms with E-state index in [2.05, 4.69) is 17.5 Å². The smallest absolute Gasteiger partial charge is 0.269 e. The quantitative estimate of drug-likeness (QED) is 0.363. The molecular weight excluding hydrogens is 232 g/mol. The predicted molar refractivity (Wildman–Crippen MR) is 68.8 cm³/mol. The summed E-state index contributed by atoms with van der Waals surface area (Å²) in [6.07, 6.45) is 6.51. The van der Waals surface area contributed by atoms with Crippen LogP contribution in [0.2, 0.25) is 0 Å². The third-order valence-electron chi connectivity index (χ3n) is 2.86.